The minimum atomic E-state index is -1.55. The number of halogens is 1. The summed E-state index contributed by atoms with van der Waals surface area (Å²) in [4.78, 5) is 23.6. The Kier molecular flexibility index (Phi) is 5.88. The molecule has 2 aromatic heterocycles. The Hall–Kier alpha value is -2.61. The standard InChI is InChI=1S/C18H22FN5O4/c1-3-5-6-7-12(27)21-15-14-16(23-17(19)22-15)24(10-20-14)13-8-11(26)18(4-2,9-25)28-13/h2,10-11,13,25-26H,3,5-9H2,1H3,(H,21,22,23,27)/t11-,13+,18+/m0/s1. The zero-order chi connectivity index (χ0) is 20.3. The summed E-state index contributed by atoms with van der Waals surface area (Å²) in [5.74, 6) is 1.94. The maximum absolute atomic E-state index is 14.0. The Balaban J connectivity index is 1.88. The Labute approximate surface area is 161 Å². The van der Waals surface area contributed by atoms with E-state index < -0.39 is 30.6 Å². The molecule has 3 rings (SSSR count). The van der Waals surface area contributed by atoms with Crippen molar-refractivity contribution in [2.75, 3.05) is 11.9 Å². The van der Waals surface area contributed by atoms with Gasteiger partial charge in [0.25, 0.3) is 0 Å². The number of hydrogen-bond donors (Lipinski definition) is 3. The number of nitrogens with one attached hydrogen (secondary N) is 1. The van der Waals surface area contributed by atoms with Crippen LogP contribution in [0.25, 0.3) is 11.2 Å². The molecular formula is C18H22FN5O4. The van der Waals surface area contributed by atoms with Crippen LogP contribution in [0.3, 0.4) is 0 Å². The van der Waals surface area contributed by atoms with Crippen LogP contribution >= 0.6 is 0 Å². The molecule has 3 heterocycles. The first-order valence-corrected chi connectivity index (χ1v) is 9.08. The van der Waals surface area contributed by atoms with Crippen molar-refractivity contribution in [2.24, 2.45) is 0 Å². The van der Waals surface area contributed by atoms with Gasteiger partial charge in [0.2, 0.25) is 5.91 Å². The van der Waals surface area contributed by atoms with Crippen molar-refractivity contribution in [1.29, 1.82) is 0 Å². The molecule has 1 aliphatic heterocycles. The third-order valence-electron chi connectivity index (χ3n) is 4.76. The summed E-state index contributed by atoms with van der Waals surface area (Å²) in [5.41, 5.74) is -1.28. The monoisotopic (exact) mass is 391 g/mol. The highest BCUT2D eigenvalue weighted by Gasteiger charge is 2.47. The van der Waals surface area contributed by atoms with E-state index in [2.05, 4.69) is 26.2 Å². The van der Waals surface area contributed by atoms with Gasteiger partial charge in [-0.25, -0.2) is 4.98 Å². The number of aliphatic hydroxyl groups is 2. The van der Waals surface area contributed by atoms with E-state index in [-0.39, 0.29) is 29.3 Å². The van der Waals surface area contributed by atoms with E-state index in [1.165, 1.54) is 10.9 Å². The average Bonchev–Trinajstić information content (AvgIpc) is 3.23. The fourth-order valence-electron chi connectivity index (χ4n) is 3.16. The maximum Gasteiger partial charge on any atom is 0.312 e. The Bertz CT molecular complexity index is 911. The fourth-order valence-corrected chi connectivity index (χ4v) is 3.16. The van der Waals surface area contributed by atoms with Gasteiger partial charge in [-0.05, 0) is 6.42 Å². The smallest absolute Gasteiger partial charge is 0.312 e. The first-order valence-electron chi connectivity index (χ1n) is 9.08. The highest BCUT2D eigenvalue weighted by Crippen LogP contribution is 2.37. The molecule has 1 fully saturated rings. The van der Waals surface area contributed by atoms with Crippen LogP contribution < -0.4 is 5.32 Å². The van der Waals surface area contributed by atoms with E-state index in [0.29, 0.717) is 6.42 Å². The summed E-state index contributed by atoms with van der Waals surface area (Å²) < 4.78 is 21.0. The lowest BCUT2D eigenvalue weighted by Gasteiger charge is -2.23. The van der Waals surface area contributed by atoms with Crippen molar-refractivity contribution in [3.05, 3.63) is 12.4 Å². The van der Waals surface area contributed by atoms with E-state index in [1.54, 1.807) is 0 Å². The molecule has 0 bridgehead atoms. The number of terminal acetylenes is 1. The Morgan fingerprint density at radius 1 is 1.54 bits per heavy atom. The molecule has 3 atom stereocenters. The van der Waals surface area contributed by atoms with E-state index in [4.69, 9.17) is 11.2 Å². The third-order valence-corrected chi connectivity index (χ3v) is 4.76. The first-order chi connectivity index (χ1) is 13.4. The number of fused-ring (bicyclic) bond motifs is 1. The molecule has 0 saturated carbocycles. The second kappa shape index (κ2) is 8.18. The molecular weight excluding hydrogens is 369 g/mol. The van der Waals surface area contributed by atoms with Gasteiger partial charge in [0, 0.05) is 12.8 Å². The molecule has 1 saturated heterocycles. The number of carbonyl (C=O) groups is 1. The third kappa shape index (κ3) is 3.69. The summed E-state index contributed by atoms with van der Waals surface area (Å²) in [7, 11) is 0. The van der Waals surface area contributed by atoms with Crippen molar-refractivity contribution < 1.29 is 24.1 Å². The SMILES string of the molecule is C#C[C@]1(CO)O[C@@H](n2cnc3c(NC(=O)CCCCC)nc(F)nc32)C[C@@H]1O. The van der Waals surface area contributed by atoms with Crippen molar-refractivity contribution >= 4 is 22.9 Å². The van der Waals surface area contributed by atoms with Gasteiger partial charge in [0.15, 0.2) is 22.6 Å². The van der Waals surface area contributed by atoms with E-state index >= 15 is 0 Å². The number of aliphatic hydroxyl groups excluding tert-OH is 2. The minimum absolute atomic E-state index is 0.0355. The molecule has 0 unspecified atom stereocenters. The number of nitrogens with zero attached hydrogens (tertiary/aromatic N) is 4. The van der Waals surface area contributed by atoms with E-state index in [0.717, 1.165) is 19.3 Å². The normalized spacial score (nSPS) is 24.4. The lowest BCUT2D eigenvalue weighted by molar-refractivity contribution is -0.116. The van der Waals surface area contributed by atoms with Gasteiger partial charge in [-0.1, -0.05) is 25.7 Å². The molecule has 3 N–H and O–H groups in total. The molecule has 28 heavy (non-hydrogen) atoms. The summed E-state index contributed by atoms with van der Waals surface area (Å²) >= 11 is 0. The van der Waals surface area contributed by atoms with Crippen LogP contribution in [0.5, 0.6) is 0 Å². The Morgan fingerprint density at radius 2 is 2.32 bits per heavy atom. The second-order valence-corrected chi connectivity index (χ2v) is 6.69. The highest BCUT2D eigenvalue weighted by molar-refractivity contribution is 5.96. The number of unbranched alkanes of at least 4 members (excludes halogenated alkanes) is 2. The van der Waals surface area contributed by atoms with Gasteiger partial charge >= 0.3 is 6.08 Å². The van der Waals surface area contributed by atoms with E-state index in [1.807, 2.05) is 6.92 Å². The van der Waals surface area contributed by atoms with Crippen LogP contribution in [0.2, 0.25) is 0 Å². The molecule has 1 aliphatic rings. The van der Waals surface area contributed by atoms with Crippen LogP contribution in [0.15, 0.2) is 6.33 Å². The van der Waals surface area contributed by atoms with Crippen LogP contribution in [-0.4, -0.2) is 54.0 Å². The highest BCUT2D eigenvalue weighted by atomic mass is 19.1. The molecule has 9 nitrogen and oxygen atoms in total. The quantitative estimate of drug-likeness (QED) is 0.367. The number of anilines is 1. The Morgan fingerprint density at radius 3 is 2.96 bits per heavy atom. The second-order valence-electron chi connectivity index (χ2n) is 6.69. The number of hydrogen-bond acceptors (Lipinski definition) is 7. The van der Waals surface area contributed by atoms with Crippen LogP contribution in [0.1, 0.15) is 45.3 Å². The van der Waals surface area contributed by atoms with Crippen LogP contribution in [0.4, 0.5) is 10.2 Å². The van der Waals surface area contributed by atoms with Gasteiger partial charge in [-0.3, -0.25) is 9.36 Å². The van der Waals surface area contributed by atoms with Crippen molar-refractivity contribution in [3.8, 4) is 12.3 Å². The fraction of sp³-hybridized carbons (Fsp3) is 0.556. The number of ether oxygens (including phenoxy) is 1. The lowest BCUT2D eigenvalue weighted by Crippen LogP contribution is -2.41. The van der Waals surface area contributed by atoms with Gasteiger partial charge < -0.3 is 20.3 Å². The van der Waals surface area contributed by atoms with Crippen molar-refractivity contribution in [2.45, 2.75) is 57.0 Å². The predicted molar refractivity (Wildman–Crippen MR) is 97.4 cm³/mol. The average molecular weight is 391 g/mol. The van der Waals surface area contributed by atoms with Gasteiger partial charge in [0.05, 0.1) is 12.9 Å². The molecule has 0 spiro atoms. The number of carbonyl (C=O) groups excluding carboxylic acids is 1. The zero-order valence-corrected chi connectivity index (χ0v) is 15.4. The summed E-state index contributed by atoms with van der Waals surface area (Å²) in [6, 6.07) is 0. The molecule has 150 valence electrons. The summed E-state index contributed by atoms with van der Waals surface area (Å²) in [6.45, 7) is 1.46. The number of rotatable bonds is 7. The molecule has 1 amide bonds. The topological polar surface area (TPSA) is 122 Å². The van der Waals surface area contributed by atoms with E-state index in [9.17, 15) is 19.4 Å². The zero-order valence-electron chi connectivity index (χ0n) is 15.4. The van der Waals surface area contributed by atoms with Crippen LogP contribution in [0, 0.1) is 18.4 Å². The predicted octanol–water partition coefficient (Wildman–Crippen LogP) is 1.13. The molecule has 10 heteroatoms. The summed E-state index contributed by atoms with van der Waals surface area (Å²) in [5, 5.41) is 22.3. The number of imidazole rings is 1. The maximum atomic E-state index is 14.0. The lowest BCUT2D eigenvalue weighted by atomic mass is 9.99. The largest absolute Gasteiger partial charge is 0.392 e. The molecule has 0 aromatic carbocycles. The number of amides is 1. The minimum Gasteiger partial charge on any atom is -0.392 e. The molecule has 2 aromatic rings. The van der Waals surface area contributed by atoms with Crippen molar-refractivity contribution in [3.63, 3.8) is 0 Å². The van der Waals surface area contributed by atoms with Crippen molar-refractivity contribution in [1.82, 2.24) is 19.5 Å². The first kappa shape index (κ1) is 20.1. The van der Waals surface area contributed by atoms with Gasteiger partial charge in [0.1, 0.15) is 12.3 Å². The number of aromatic nitrogens is 4. The summed E-state index contributed by atoms with van der Waals surface area (Å²) in [6.07, 6.45) is 6.73. The van der Waals surface area contributed by atoms with Gasteiger partial charge in [-0.15, -0.1) is 6.42 Å². The molecule has 0 radical (unpaired) electrons. The van der Waals surface area contributed by atoms with Crippen LogP contribution in [-0.2, 0) is 9.53 Å². The molecule has 0 aliphatic carbocycles. The van der Waals surface area contributed by atoms with Gasteiger partial charge in [-0.2, -0.15) is 14.4 Å².